The van der Waals surface area contributed by atoms with Crippen molar-refractivity contribution in [3.8, 4) is 17.2 Å². The average molecular weight is 469 g/mol. The van der Waals surface area contributed by atoms with Crippen molar-refractivity contribution in [3.63, 3.8) is 0 Å². The fourth-order valence-electron chi connectivity index (χ4n) is 3.79. The standard InChI is InChI=1S/C23H24N4O5S/c1-4-32-21-13-16(9-10-20(21)31-3)19(14-33(30)15(2)28)27-18-8-5-7-17(22(18)25-23(27)29)26-12-6-11-24-26/h5-13,19H,4,14H2,1-3H3,(H,25,29)/t19-,33?/m0/s1. The molecule has 0 bridgehead atoms. The van der Waals surface area contributed by atoms with E-state index < -0.39 is 22.0 Å². The van der Waals surface area contributed by atoms with Crippen molar-refractivity contribution in [2.45, 2.75) is 19.9 Å². The number of nitrogens with zero attached hydrogens (tertiary/aromatic N) is 3. The van der Waals surface area contributed by atoms with Crippen LogP contribution in [0.25, 0.3) is 16.7 Å². The Balaban J connectivity index is 1.92. The van der Waals surface area contributed by atoms with E-state index in [9.17, 15) is 13.8 Å². The molecule has 0 aliphatic heterocycles. The van der Waals surface area contributed by atoms with Crippen LogP contribution in [0.1, 0.15) is 25.5 Å². The third kappa shape index (κ3) is 4.34. The highest BCUT2D eigenvalue weighted by Crippen LogP contribution is 2.33. The Morgan fingerprint density at radius 2 is 2.03 bits per heavy atom. The summed E-state index contributed by atoms with van der Waals surface area (Å²) in [7, 11) is -0.250. The summed E-state index contributed by atoms with van der Waals surface area (Å²) in [4.78, 5) is 28.0. The van der Waals surface area contributed by atoms with E-state index in [0.29, 0.717) is 40.4 Å². The fourth-order valence-corrected chi connectivity index (χ4v) is 4.66. The van der Waals surface area contributed by atoms with Crippen molar-refractivity contribution in [2.24, 2.45) is 0 Å². The van der Waals surface area contributed by atoms with Crippen LogP contribution in [-0.2, 0) is 15.6 Å². The van der Waals surface area contributed by atoms with Crippen LogP contribution in [0.2, 0.25) is 0 Å². The largest absolute Gasteiger partial charge is 0.493 e. The molecule has 2 aromatic carbocycles. The molecule has 0 spiro atoms. The molecule has 10 heteroatoms. The highest BCUT2D eigenvalue weighted by atomic mass is 32.2. The first-order chi connectivity index (χ1) is 15.9. The van der Waals surface area contributed by atoms with Gasteiger partial charge in [0.1, 0.15) is 0 Å². The predicted octanol–water partition coefficient (Wildman–Crippen LogP) is 2.81. The van der Waals surface area contributed by atoms with Crippen LogP contribution in [0.15, 0.2) is 59.7 Å². The van der Waals surface area contributed by atoms with E-state index in [-0.39, 0.29) is 11.4 Å². The number of benzene rings is 2. The Kier molecular flexibility index (Phi) is 6.45. The summed E-state index contributed by atoms with van der Waals surface area (Å²) >= 11 is 0. The molecule has 0 amide bonds. The van der Waals surface area contributed by atoms with Gasteiger partial charge in [0.25, 0.3) is 0 Å². The number of para-hydroxylation sites is 1. The van der Waals surface area contributed by atoms with Crippen molar-refractivity contribution < 1.29 is 18.5 Å². The number of aromatic amines is 1. The SMILES string of the molecule is CCOc1cc([C@H](CS(=O)C(C)=O)n2c(=O)[nH]c3c(-n4cccn4)cccc32)ccc1OC. The van der Waals surface area contributed by atoms with Crippen LogP contribution in [0.4, 0.5) is 0 Å². The second kappa shape index (κ2) is 9.45. The lowest BCUT2D eigenvalue weighted by Crippen LogP contribution is -2.28. The summed E-state index contributed by atoms with van der Waals surface area (Å²) in [6, 6.07) is 11.9. The summed E-state index contributed by atoms with van der Waals surface area (Å²) in [5.74, 6) is 0.979. The van der Waals surface area contributed by atoms with E-state index in [0.717, 1.165) is 0 Å². The summed E-state index contributed by atoms with van der Waals surface area (Å²) < 4.78 is 26.9. The van der Waals surface area contributed by atoms with E-state index in [1.54, 1.807) is 54.5 Å². The monoisotopic (exact) mass is 468 g/mol. The van der Waals surface area contributed by atoms with Crippen LogP contribution < -0.4 is 15.2 Å². The summed E-state index contributed by atoms with van der Waals surface area (Å²) in [6.07, 6.45) is 3.43. The Hall–Kier alpha value is -3.66. The minimum Gasteiger partial charge on any atom is -0.493 e. The van der Waals surface area contributed by atoms with Gasteiger partial charge in [-0.15, -0.1) is 0 Å². The van der Waals surface area contributed by atoms with E-state index in [2.05, 4.69) is 10.1 Å². The lowest BCUT2D eigenvalue weighted by Gasteiger charge is -2.20. The van der Waals surface area contributed by atoms with Gasteiger partial charge in [0.05, 0.1) is 53.0 Å². The molecule has 1 N–H and O–H groups in total. The molecule has 2 atom stereocenters. The Morgan fingerprint density at radius 1 is 1.21 bits per heavy atom. The zero-order valence-electron chi connectivity index (χ0n) is 18.5. The number of carbonyl (C=O) groups excluding carboxylic acids is 1. The lowest BCUT2D eigenvalue weighted by molar-refractivity contribution is -0.109. The quantitative estimate of drug-likeness (QED) is 0.426. The smallest absolute Gasteiger partial charge is 0.327 e. The number of hydrogen-bond donors (Lipinski definition) is 1. The molecular formula is C23H24N4O5S. The maximum absolute atomic E-state index is 13.2. The van der Waals surface area contributed by atoms with Crippen LogP contribution in [0.5, 0.6) is 11.5 Å². The Bertz CT molecular complexity index is 1370. The molecule has 0 aliphatic carbocycles. The number of fused-ring (bicyclic) bond motifs is 1. The normalized spacial score (nSPS) is 13.1. The number of H-pyrrole nitrogens is 1. The first-order valence-corrected chi connectivity index (χ1v) is 11.7. The van der Waals surface area contributed by atoms with Gasteiger partial charge in [0.15, 0.2) is 11.5 Å². The van der Waals surface area contributed by atoms with E-state index in [1.165, 1.54) is 11.5 Å². The molecule has 2 heterocycles. The highest BCUT2D eigenvalue weighted by Gasteiger charge is 2.25. The molecule has 0 aliphatic rings. The second-order valence-corrected chi connectivity index (χ2v) is 8.88. The van der Waals surface area contributed by atoms with E-state index in [1.807, 2.05) is 19.1 Å². The molecule has 0 radical (unpaired) electrons. The second-order valence-electron chi connectivity index (χ2n) is 7.28. The molecule has 172 valence electrons. The van der Waals surface area contributed by atoms with Gasteiger partial charge in [0.2, 0.25) is 5.12 Å². The zero-order valence-corrected chi connectivity index (χ0v) is 19.3. The molecule has 4 aromatic rings. The third-order valence-electron chi connectivity index (χ3n) is 5.30. The molecule has 33 heavy (non-hydrogen) atoms. The van der Waals surface area contributed by atoms with Gasteiger partial charge >= 0.3 is 5.69 Å². The minimum atomic E-state index is -1.79. The number of ether oxygens (including phenoxy) is 2. The Labute approximate surface area is 192 Å². The van der Waals surface area contributed by atoms with Crippen molar-refractivity contribution in [1.29, 1.82) is 0 Å². The molecule has 2 aromatic heterocycles. The van der Waals surface area contributed by atoms with Crippen molar-refractivity contribution >= 4 is 26.9 Å². The number of nitrogens with one attached hydrogen (secondary N) is 1. The number of carbonyl (C=O) groups is 1. The molecule has 0 fully saturated rings. The number of rotatable bonds is 8. The molecule has 4 rings (SSSR count). The van der Waals surface area contributed by atoms with Gasteiger partial charge in [-0.1, -0.05) is 12.1 Å². The average Bonchev–Trinajstić information content (AvgIpc) is 3.45. The van der Waals surface area contributed by atoms with Gasteiger partial charge in [-0.25, -0.2) is 9.48 Å². The maximum atomic E-state index is 13.2. The van der Waals surface area contributed by atoms with Gasteiger partial charge < -0.3 is 14.5 Å². The summed E-state index contributed by atoms with van der Waals surface area (Å²) in [5.41, 5.74) is 2.17. The molecule has 0 saturated heterocycles. The third-order valence-corrected chi connectivity index (χ3v) is 6.56. The van der Waals surface area contributed by atoms with Crippen molar-refractivity contribution in [3.05, 3.63) is 70.9 Å². The maximum Gasteiger partial charge on any atom is 0.327 e. The zero-order chi connectivity index (χ0) is 23.5. The first-order valence-electron chi connectivity index (χ1n) is 10.4. The molecule has 1 unspecified atom stereocenters. The van der Waals surface area contributed by atoms with Gasteiger partial charge in [-0.3, -0.25) is 13.6 Å². The van der Waals surface area contributed by atoms with E-state index in [4.69, 9.17) is 9.47 Å². The predicted molar refractivity (Wildman–Crippen MR) is 126 cm³/mol. The highest BCUT2D eigenvalue weighted by molar-refractivity contribution is 8.00. The van der Waals surface area contributed by atoms with Crippen LogP contribution in [0, 0.1) is 0 Å². The topological polar surface area (TPSA) is 108 Å². The number of imidazole rings is 1. The van der Waals surface area contributed by atoms with Crippen LogP contribution >= 0.6 is 0 Å². The van der Waals surface area contributed by atoms with Gasteiger partial charge in [-0.05, 0) is 42.8 Å². The summed E-state index contributed by atoms with van der Waals surface area (Å²) in [5, 5.41) is 3.81. The van der Waals surface area contributed by atoms with Gasteiger partial charge in [-0.2, -0.15) is 5.10 Å². The summed E-state index contributed by atoms with van der Waals surface area (Å²) in [6.45, 7) is 3.56. The first kappa shape index (κ1) is 22.5. The number of aromatic nitrogens is 4. The van der Waals surface area contributed by atoms with Crippen LogP contribution in [0.3, 0.4) is 0 Å². The van der Waals surface area contributed by atoms with Gasteiger partial charge in [0, 0.05) is 19.3 Å². The van der Waals surface area contributed by atoms with Crippen molar-refractivity contribution in [1.82, 2.24) is 19.3 Å². The molecular weight excluding hydrogens is 444 g/mol. The fraction of sp³-hybridized carbons (Fsp3) is 0.261. The molecule has 0 saturated carbocycles. The van der Waals surface area contributed by atoms with E-state index >= 15 is 0 Å². The lowest BCUT2D eigenvalue weighted by atomic mass is 10.1. The number of methoxy groups -OCH3 is 1. The Morgan fingerprint density at radius 3 is 2.70 bits per heavy atom. The number of hydrogen-bond acceptors (Lipinski definition) is 6. The van der Waals surface area contributed by atoms with Crippen molar-refractivity contribution in [2.75, 3.05) is 19.5 Å². The minimum absolute atomic E-state index is 0.0634. The van der Waals surface area contributed by atoms with Crippen LogP contribution in [-0.4, -0.2) is 48.1 Å². The molecule has 9 nitrogen and oxygen atoms in total.